The number of phenols is 1. The second-order valence-corrected chi connectivity index (χ2v) is 4.38. The lowest BCUT2D eigenvalue weighted by Crippen LogP contribution is -2.03. The predicted octanol–water partition coefficient (Wildman–Crippen LogP) is 3.91. The Morgan fingerprint density at radius 1 is 1.15 bits per heavy atom. The zero-order valence-corrected chi connectivity index (χ0v) is 10.9. The average molecular weight is 279 g/mol. The quantitative estimate of drug-likeness (QED) is 0.815. The molecule has 0 saturated heterocycles. The van der Waals surface area contributed by atoms with Crippen molar-refractivity contribution >= 4 is 5.69 Å². The molecule has 0 aliphatic rings. The topological polar surface area (TPSA) is 41.5 Å². The molecular formula is C15H15F2NO2. The maximum Gasteiger partial charge on any atom is 0.387 e. The van der Waals surface area contributed by atoms with E-state index < -0.39 is 6.61 Å². The van der Waals surface area contributed by atoms with Gasteiger partial charge in [-0.3, -0.25) is 0 Å². The summed E-state index contributed by atoms with van der Waals surface area (Å²) in [7, 11) is 0. The molecule has 0 aliphatic heterocycles. The van der Waals surface area contributed by atoms with Crippen molar-refractivity contribution in [2.75, 3.05) is 5.32 Å². The lowest BCUT2D eigenvalue weighted by atomic mass is 10.1. The van der Waals surface area contributed by atoms with Crippen molar-refractivity contribution in [3.63, 3.8) is 0 Å². The molecule has 0 fully saturated rings. The molecule has 2 aromatic carbocycles. The molecule has 0 radical (unpaired) electrons. The molecule has 0 bridgehead atoms. The van der Waals surface area contributed by atoms with Crippen LogP contribution in [0.25, 0.3) is 0 Å². The molecule has 20 heavy (non-hydrogen) atoms. The summed E-state index contributed by atoms with van der Waals surface area (Å²) in [6.07, 6.45) is 0. The first-order valence-corrected chi connectivity index (χ1v) is 6.12. The third-order valence-corrected chi connectivity index (χ3v) is 2.84. The molecule has 0 saturated carbocycles. The van der Waals surface area contributed by atoms with E-state index in [1.54, 1.807) is 30.3 Å². The van der Waals surface area contributed by atoms with Gasteiger partial charge in [-0.1, -0.05) is 12.1 Å². The molecule has 0 aromatic heterocycles. The fraction of sp³-hybridized carbons (Fsp3) is 0.200. The zero-order valence-electron chi connectivity index (χ0n) is 10.9. The van der Waals surface area contributed by atoms with Gasteiger partial charge in [-0.15, -0.1) is 0 Å². The minimum atomic E-state index is -2.81. The Hall–Kier alpha value is -2.30. The smallest absolute Gasteiger partial charge is 0.387 e. The highest BCUT2D eigenvalue weighted by molar-refractivity contribution is 5.53. The molecule has 0 spiro atoms. The number of nitrogens with one attached hydrogen (secondary N) is 1. The summed E-state index contributed by atoms with van der Waals surface area (Å²) >= 11 is 0. The third-order valence-electron chi connectivity index (χ3n) is 2.84. The summed E-state index contributed by atoms with van der Waals surface area (Å²) in [5, 5.41) is 12.5. The van der Waals surface area contributed by atoms with Crippen LogP contribution < -0.4 is 10.1 Å². The second kappa shape index (κ2) is 6.23. The van der Waals surface area contributed by atoms with Crippen LogP contribution >= 0.6 is 0 Å². The predicted molar refractivity (Wildman–Crippen MR) is 73.2 cm³/mol. The summed E-state index contributed by atoms with van der Waals surface area (Å²) in [5.41, 5.74) is 2.79. The van der Waals surface area contributed by atoms with Gasteiger partial charge in [0.1, 0.15) is 11.5 Å². The highest BCUT2D eigenvalue weighted by atomic mass is 19.3. The number of alkyl halides is 2. The molecule has 2 N–H and O–H groups in total. The van der Waals surface area contributed by atoms with Gasteiger partial charge in [0, 0.05) is 12.2 Å². The van der Waals surface area contributed by atoms with Crippen molar-refractivity contribution in [2.24, 2.45) is 0 Å². The van der Waals surface area contributed by atoms with Crippen LogP contribution in [-0.4, -0.2) is 11.7 Å². The molecular weight excluding hydrogens is 264 g/mol. The molecule has 2 rings (SSSR count). The normalized spacial score (nSPS) is 10.6. The summed E-state index contributed by atoms with van der Waals surface area (Å²) in [6.45, 7) is -0.360. The first kappa shape index (κ1) is 14.1. The molecule has 0 heterocycles. The lowest BCUT2D eigenvalue weighted by molar-refractivity contribution is -0.0498. The van der Waals surface area contributed by atoms with Gasteiger partial charge in [-0.25, -0.2) is 0 Å². The van der Waals surface area contributed by atoms with Crippen LogP contribution in [0.1, 0.15) is 11.1 Å². The van der Waals surface area contributed by atoms with E-state index in [2.05, 4.69) is 10.1 Å². The highest BCUT2D eigenvalue weighted by Gasteiger charge is 2.04. The SMILES string of the molecule is Cc1cc(O)ccc1NCc1ccc(OC(F)F)cc1. The standard InChI is InChI=1S/C15H15F2NO2/c1-10-8-12(19)4-7-14(10)18-9-11-2-5-13(6-3-11)20-15(16)17/h2-8,15,18-19H,9H2,1H3. The largest absolute Gasteiger partial charge is 0.508 e. The summed E-state index contributed by atoms with van der Waals surface area (Å²) in [5.74, 6) is 0.367. The van der Waals surface area contributed by atoms with Crippen LogP contribution in [0.3, 0.4) is 0 Å². The second-order valence-electron chi connectivity index (χ2n) is 4.38. The number of hydrogen-bond donors (Lipinski definition) is 2. The number of benzene rings is 2. The summed E-state index contributed by atoms with van der Waals surface area (Å²) in [6, 6.07) is 11.5. The zero-order chi connectivity index (χ0) is 14.5. The van der Waals surface area contributed by atoms with Gasteiger partial charge in [-0.05, 0) is 48.4 Å². The van der Waals surface area contributed by atoms with Gasteiger partial charge in [0.05, 0.1) is 0 Å². The first-order valence-electron chi connectivity index (χ1n) is 6.12. The van der Waals surface area contributed by atoms with E-state index in [1.165, 1.54) is 12.1 Å². The molecule has 0 aliphatic carbocycles. The number of phenolic OH excluding ortho intramolecular Hbond substituents is 1. The van der Waals surface area contributed by atoms with Crippen molar-refractivity contribution in [2.45, 2.75) is 20.1 Å². The van der Waals surface area contributed by atoms with Crippen LogP contribution in [0.4, 0.5) is 14.5 Å². The Morgan fingerprint density at radius 2 is 1.85 bits per heavy atom. The van der Waals surface area contributed by atoms with E-state index in [4.69, 9.17) is 0 Å². The Bertz CT molecular complexity index is 571. The Morgan fingerprint density at radius 3 is 2.45 bits per heavy atom. The third kappa shape index (κ3) is 3.85. The van der Waals surface area contributed by atoms with Gasteiger partial charge in [0.15, 0.2) is 0 Å². The summed E-state index contributed by atoms with van der Waals surface area (Å²) < 4.78 is 28.3. The minimum absolute atomic E-state index is 0.143. The van der Waals surface area contributed by atoms with Crippen LogP contribution in [0.5, 0.6) is 11.5 Å². The highest BCUT2D eigenvalue weighted by Crippen LogP contribution is 2.21. The van der Waals surface area contributed by atoms with E-state index in [9.17, 15) is 13.9 Å². The van der Waals surface area contributed by atoms with Gasteiger partial charge >= 0.3 is 6.61 Å². The molecule has 2 aromatic rings. The average Bonchev–Trinajstić information content (AvgIpc) is 2.39. The van der Waals surface area contributed by atoms with Gasteiger partial charge in [-0.2, -0.15) is 8.78 Å². The van der Waals surface area contributed by atoms with Gasteiger partial charge in [0.2, 0.25) is 0 Å². The number of anilines is 1. The molecule has 0 amide bonds. The van der Waals surface area contributed by atoms with Crippen molar-refractivity contribution < 1.29 is 18.6 Å². The van der Waals surface area contributed by atoms with Crippen molar-refractivity contribution in [1.82, 2.24) is 0 Å². The number of rotatable bonds is 5. The number of aromatic hydroxyl groups is 1. The maximum absolute atomic E-state index is 12.0. The monoisotopic (exact) mass is 279 g/mol. The van der Waals surface area contributed by atoms with E-state index >= 15 is 0 Å². The number of aryl methyl sites for hydroxylation is 1. The van der Waals surface area contributed by atoms with Gasteiger partial charge < -0.3 is 15.2 Å². The summed E-state index contributed by atoms with van der Waals surface area (Å²) in [4.78, 5) is 0. The number of hydrogen-bond acceptors (Lipinski definition) is 3. The maximum atomic E-state index is 12.0. The van der Waals surface area contributed by atoms with Crippen molar-refractivity contribution in [3.8, 4) is 11.5 Å². The van der Waals surface area contributed by atoms with Crippen LogP contribution in [0.2, 0.25) is 0 Å². The molecule has 0 unspecified atom stereocenters. The molecule has 3 nitrogen and oxygen atoms in total. The molecule has 5 heteroatoms. The van der Waals surface area contributed by atoms with E-state index in [-0.39, 0.29) is 11.5 Å². The first-order chi connectivity index (χ1) is 9.54. The van der Waals surface area contributed by atoms with Crippen LogP contribution in [0.15, 0.2) is 42.5 Å². The van der Waals surface area contributed by atoms with Crippen LogP contribution in [0, 0.1) is 6.92 Å². The fourth-order valence-corrected chi connectivity index (χ4v) is 1.83. The van der Waals surface area contributed by atoms with E-state index in [1.807, 2.05) is 6.92 Å². The van der Waals surface area contributed by atoms with Crippen molar-refractivity contribution in [3.05, 3.63) is 53.6 Å². The Labute approximate surface area is 115 Å². The minimum Gasteiger partial charge on any atom is -0.508 e. The van der Waals surface area contributed by atoms with Crippen molar-refractivity contribution in [1.29, 1.82) is 0 Å². The van der Waals surface area contributed by atoms with E-state index in [0.29, 0.717) is 6.54 Å². The van der Waals surface area contributed by atoms with Gasteiger partial charge in [0.25, 0.3) is 0 Å². The van der Waals surface area contributed by atoms with E-state index in [0.717, 1.165) is 16.8 Å². The number of halogens is 2. The Kier molecular flexibility index (Phi) is 4.40. The van der Waals surface area contributed by atoms with Crippen LogP contribution in [-0.2, 0) is 6.54 Å². The fourth-order valence-electron chi connectivity index (χ4n) is 1.83. The Balaban J connectivity index is 1.96. The molecule has 106 valence electrons. The lowest BCUT2D eigenvalue weighted by Gasteiger charge is -2.10. The number of ether oxygens (including phenoxy) is 1. The molecule has 0 atom stereocenters.